The van der Waals surface area contributed by atoms with E-state index >= 15 is 0 Å². The van der Waals surface area contributed by atoms with Gasteiger partial charge in [0, 0.05) is 13.1 Å². The highest BCUT2D eigenvalue weighted by atomic mass is 16.2. The van der Waals surface area contributed by atoms with E-state index in [0.717, 1.165) is 17.5 Å². The van der Waals surface area contributed by atoms with E-state index < -0.39 is 11.2 Å². The van der Waals surface area contributed by atoms with E-state index in [1.807, 2.05) is 74.5 Å². The van der Waals surface area contributed by atoms with Crippen molar-refractivity contribution < 1.29 is 4.79 Å². The van der Waals surface area contributed by atoms with Crippen LogP contribution in [0.2, 0.25) is 0 Å². The number of unbranched alkanes of at least 4 members (excludes halogenated alkanes) is 1. The molecule has 0 bridgehead atoms. The van der Waals surface area contributed by atoms with Crippen molar-refractivity contribution in [1.29, 1.82) is 0 Å². The smallest absolute Gasteiger partial charge is 0.330 e. The molecular weight excluding hydrogens is 430 g/mol. The second-order valence-electron chi connectivity index (χ2n) is 8.18. The van der Waals surface area contributed by atoms with E-state index in [2.05, 4.69) is 10.3 Å². The molecule has 1 heterocycles. The zero-order valence-electron chi connectivity index (χ0n) is 19.8. The molecule has 0 spiro atoms. The lowest BCUT2D eigenvalue weighted by Crippen LogP contribution is -2.45. The Labute approximate surface area is 199 Å². The summed E-state index contributed by atoms with van der Waals surface area (Å²) >= 11 is 0. The van der Waals surface area contributed by atoms with Crippen molar-refractivity contribution in [3.05, 3.63) is 92.6 Å². The van der Waals surface area contributed by atoms with E-state index in [1.54, 1.807) is 0 Å². The molecule has 0 radical (unpaired) electrons. The van der Waals surface area contributed by atoms with Gasteiger partial charge in [0.2, 0.25) is 5.91 Å². The highest BCUT2D eigenvalue weighted by molar-refractivity contribution is 5.96. The minimum Gasteiger partial charge on any atom is -0.383 e. The summed E-state index contributed by atoms with van der Waals surface area (Å²) in [7, 11) is 0. The first-order chi connectivity index (χ1) is 16.5. The first kappa shape index (κ1) is 25.0. The van der Waals surface area contributed by atoms with Crippen LogP contribution in [0.3, 0.4) is 0 Å². The van der Waals surface area contributed by atoms with Gasteiger partial charge in [-0.05, 0) is 24.0 Å². The van der Waals surface area contributed by atoms with Crippen LogP contribution in [0, 0.1) is 0 Å². The van der Waals surface area contributed by atoms with Crippen molar-refractivity contribution in [3.8, 4) is 0 Å². The molecule has 0 aliphatic rings. The Kier molecular flexibility index (Phi) is 8.81. The van der Waals surface area contributed by atoms with Crippen LogP contribution in [0.5, 0.6) is 0 Å². The normalized spacial score (nSPS) is 11.0. The molecule has 2 aromatic carbocycles. The SMILES string of the molecule is CCCCN(C(=O)CNC(c1ccccc1)c1ccccc1)c1c(N)n(CCC)c(=O)[nH]c1=O. The van der Waals surface area contributed by atoms with Gasteiger partial charge in [-0.2, -0.15) is 0 Å². The summed E-state index contributed by atoms with van der Waals surface area (Å²) in [4.78, 5) is 42.2. The molecule has 0 aliphatic carbocycles. The summed E-state index contributed by atoms with van der Waals surface area (Å²) in [5.41, 5.74) is 7.11. The van der Waals surface area contributed by atoms with Gasteiger partial charge in [0.05, 0.1) is 12.6 Å². The second kappa shape index (κ2) is 12.0. The molecule has 180 valence electrons. The maximum absolute atomic E-state index is 13.4. The van der Waals surface area contributed by atoms with Crippen LogP contribution in [0.15, 0.2) is 70.3 Å². The van der Waals surface area contributed by atoms with Crippen LogP contribution in [0.25, 0.3) is 0 Å². The molecule has 1 amide bonds. The molecule has 0 saturated carbocycles. The Morgan fingerprint density at radius 1 is 1.00 bits per heavy atom. The number of nitrogen functional groups attached to an aromatic ring is 1. The highest BCUT2D eigenvalue weighted by Gasteiger charge is 2.25. The molecule has 3 aromatic rings. The van der Waals surface area contributed by atoms with Crippen LogP contribution < -0.4 is 27.2 Å². The minimum absolute atomic E-state index is 0.00997. The summed E-state index contributed by atoms with van der Waals surface area (Å²) < 4.78 is 1.31. The highest BCUT2D eigenvalue weighted by Crippen LogP contribution is 2.22. The molecule has 34 heavy (non-hydrogen) atoms. The molecule has 4 N–H and O–H groups in total. The first-order valence-corrected chi connectivity index (χ1v) is 11.7. The summed E-state index contributed by atoms with van der Waals surface area (Å²) in [5.74, 6) is -0.271. The molecule has 1 aromatic heterocycles. The number of nitrogens with two attached hydrogens (primary N) is 1. The molecule has 0 atom stereocenters. The van der Waals surface area contributed by atoms with Crippen LogP contribution in [-0.2, 0) is 11.3 Å². The number of anilines is 2. The van der Waals surface area contributed by atoms with E-state index in [0.29, 0.717) is 25.9 Å². The maximum Gasteiger partial charge on any atom is 0.330 e. The third-order valence-electron chi connectivity index (χ3n) is 5.69. The Bertz CT molecular complexity index is 1150. The molecule has 3 rings (SSSR count). The quantitative estimate of drug-likeness (QED) is 0.405. The number of nitrogens with zero attached hydrogens (tertiary/aromatic N) is 2. The van der Waals surface area contributed by atoms with Gasteiger partial charge in [-0.15, -0.1) is 0 Å². The lowest BCUT2D eigenvalue weighted by Gasteiger charge is -2.26. The summed E-state index contributed by atoms with van der Waals surface area (Å²) in [6.07, 6.45) is 2.19. The van der Waals surface area contributed by atoms with Gasteiger partial charge in [0.25, 0.3) is 5.56 Å². The van der Waals surface area contributed by atoms with Crippen molar-refractivity contribution >= 4 is 17.4 Å². The van der Waals surface area contributed by atoms with Gasteiger partial charge < -0.3 is 10.6 Å². The molecule has 0 aliphatic heterocycles. The van der Waals surface area contributed by atoms with Gasteiger partial charge in [0.1, 0.15) is 5.82 Å². The first-order valence-electron chi connectivity index (χ1n) is 11.7. The number of aromatic nitrogens is 2. The van der Waals surface area contributed by atoms with Gasteiger partial charge in [-0.25, -0.2) is 4.79 Å². The fourth-order valence-corrected chi connectivity index (χ4v) is 3.97. The Balaban J connectivity index is 1.92. The Morgan fingerprint density at radius 3 is 2.12 bits per heavy atom. The van der Waals surface area contributed by atoms with E-state index in [4.69, 9.17) is 5.73 Å². The van der Waals surface area contributed by atoms with Crippen molar-refractivity contribution in [2.45, 2.75) is 45.7 Å². The fraction of sp³-hybridized carbons (Fsp3) is 0.346. The lowest BCUT2D eigenvalue weighted by atomic mass is 9.99. The average molecular weight is 464 g/mol. The summed E-state index contributed by atoms with van der Waals surface area (Å²) in [5, 5.41) is 3.36. The lowest BCUT2D eigenvalue weighted by molar-refractivity contribution is -0.117. The average Bonchev–Trinajstić information content (AvgIpc) is 2.85. The number of carbonyl (C=O) groups is 1. The fourth-order valence-electron chi connectivity index (χ4n) is 3.97. The van der Waals surface area contributed by atoms with Gasteiger partial charge in [-0.3, -0.25) is 24.5 Å². The number of H-pyrrole nitrogens is 1. The third kappa shape index (κ3) is 5.82. The topological polar surface area (TPSA) is 113 Å². The van der Waals surface area contributed by atoms with Crippen molar-refractivity contribution in [3.63, 3.8) is 0 Å². The van der Waals surface area contributed by atoms with Crippen LogP contribution in [0.4, 0.5) is 11.5 Å². The van der Waals surface area contributed by atoms with Crippen LogP contribution in [0.1, 0.15) is 50.3 Å². The van der Waals surface area contributed by atoms with Crippen molar-refractivity contribution in [2.24, 2.45) is 0 Å². The number of hydrogen-bond acceptors (Lipinski definition) is 5. The number of carbonyl (C=O) groups excluding carboxylic acids is 1. The van der Waals surface area contributed by atoms with Crippen LogP contribution >= 0.6 is 0 Å². The minimum atomic E-state index is -0.651. The third-order valence-corrected chi connectivity index (χ3v) is 5.69. The molecule has 0 saturated heterocycles. The summed E-state index contributed by atoms with van der Waals surface area (Å²) in [6.45, 7) is 4.59. The number of nitrogens with one attached hydrogen (secondary N) is 2. The predicted octanol–water partition coefficient (Wildman–Crippen LogP) is 3.04. The number of benzene rings is 2. The molecule has 0 fully saturated rings. The monoisotopic (exact) mass is 463 g/mol. The maximum atomic E-state index is 13.4. The molecule has 0 unspecified atom stereocenters. The van der Waals surface area contributed by atoms with E-state index in [-0.39, 0.29) is 30.0 Å². The molecule has 8 heteroatoms. The summed E-state index contributed by atoms with van der Waals surface area (Å²) in [6, 6.07) is 19.6. The Hall–Kier alpha value is -3.65. The zero-order valence-corrected chi connectivity index (χ0v) is 19.8. The van der Waals surface area contributed by atoms with Gasteiger partial charge in [0.15, 0.2) is 5.69 Å². The predicted molar refractivity (Wildman–Crippen MR) is 136 cm³/mol. The number of rotatable bonds is 11. The van der Waals surface area contributed by atoms with E-state index in [1.165, 1.54) is 9.47 Å². The van der Waals surface area contributed by atoms with Gasteiger partial charge in [-0.1, -0.05) is 80.9 Å². The largest absolute Gasteiger partial charge is 0.383 e. The van der Waals surface area contributed by atoms with E-state index in [9.17, 15) is 14.4 Å². The van der Waals surface area contributed by atoms with Crippen molar-refractivity contribution in [1.82, 2.24) is 14.9 Å². The number of aromatic amines is 1. The molecule has 8 nitrogen and oxygen atoms in total. The number of amides is 1. The Morgan fingerprint density at radius 2 is 1.59 bits per heavy atom. The molecular formula is C26H33N5O3. The van der Waals surface area contributed by atoms with Crippen LogP contribution in [-0.4, -0.2) is 28.5 Å². The zero-order chi connectivity index (χ0) is 24.5. The number of hydrogen-bond donors (Lipinski definition) is 3. The standard InChI is InChI=1S/C26H33N5O3/c1-3-5-17-30(23-24(27)31(16-4-2)26(34)29-25(23)33)21(32)18-28-22(19-12-8-6-9-13-19)20-14-10-7-11-15-20/h6-15,22,28H,3-5,16-18,27H2,1-2H3,(H,29,33,34). The van der Waals surface area contributed by atoms with Crippen molar-refractivity contribution in [2.75, 3.05) is 23.7 Å². The second-order valence-corrected chi connectivity index (χ2v) is 8.18. The van der Waals surface area contributed by atoms with Gasteiger partial charge >= 0.3 is 5.69 Å².